The smallest absolute Gasteiger partial charge is 0.0637 e. The first-order valence-corrected chi connectivity index (χ1v) is 7.49. The standard InChI is InChI=1S/C15H20N2OS/c1-12-5-3-4-6-15(12)19-11-14(18)8-7-13-9-10-16-17(13)2/h3-6,9-10,14,18H,7-8,11H2,1-2H3. The van der Waals surface area contributed by atoms with Gasteiger partial charge in [0.05, 0.1) is 6.10 Å². The lowest BCUT2D eigenvalue weighted by molar-refractivity contribution is 0.188. The molecule has 3 nitrogen and oxygen atoms in total. The van der Waals surface area contributed by atoms with Gasteiger partial charge in [-0.1, -0.05) is 18.2 Å². The summed E-state index contributed by atoms with van der Waals surface area (Å²) in [4.78, 5) is 1.25. The highest BCUT2D eigenvalue weighted by Gasteiger charge is 2.08. The molecule has 1 aromatic heterocycles. The fourth-order valence-electron chi connectivity index (χ4n) is 1.95. The van der Waals surface area contributed by atoms with E-state index >= 15 is 0 Å². The van der Waals surface area contributed by atoms with Crippen molar-refractivity contribution in [2.24, 2.45) is 7.05 Å². The maximum Gasteiger partial charge on any atom is 0.0637 e. The first-order valence-electron chi connectivity index (χ1n) is 6.50. The van der Waals surface area contributed by atoms with Crippen molar-refractivity contribution >= 4 is 11.8 Å². The molecule has 0 aliphatic rings. The molecule has 0 saturated heterocycles. The van der Waals surface area contributed by atoms with Crippen molar-refractivity contribution in [1.82, 2.24) is 9.78 Å². The van der Waals surface area contributed by atoms with Crippen molar-refractivity contribution in [2.75, 3.05) is 5.75 Å². The number of thioether (sulfide) groups is 1. The van der Waals surface area contributed by atoms with E-state index < -0.39 is 0 Å². The summed E-state index contributed by atoms with van der Waals surface area (Å²) in [5.74, 6) is 0.739. The van der Waals surface area contributed by atoms with Crippen LogP contribution in [0, 0.1) is 6.92 Å². The molecule has 1 atom stereocenters. The molecule has 19 heavy (non-hydrogen) atoms. The van der Waals surface area contributed by atoms with E-state index in [1.807, 2.05) is 29.9 Å². The molecule has 0 aliphatic carbocycles. The van der Waals surface area contributed by atoms with E-state index in [2.05, 4.69) is 24.2 Å². The maximum absolute atomic E-state index is 10.0. The second-order valence-electron chi connectivity index (χ2n) is 4.72. The molecule has 1 unspecified atom stereocenters. The van der Waals surface area contributed by atoms with Crippen LogP contribution in [0.25, 0.3) is 0 Å². The third-order valence-electron chi connectivity index (χ3n) is 3.18. The Morgan fingerprint density at radius 3 is 2.79 bits per heavy atom. The van der Waals surface area contributed by atoms with Crippen LogP contribution in [0.15, 0.2) is 41.4 Å². The molecule has 2 rings (SSSR count). The zero-order valence-electron chi connectivity index (χ0n) is 11.4. The van der Waals surface area contributed by atoms with Crippen LogP contribution in [0.1, 0.15) is 17.7 Å². The summed E-state index contributed by atoms with van der Waals surface area (Å²) < 4.78 is 1.86. The van der Waals surface area contributed by atoms with Gasteiger partial charge in [0, 0.05) is 29.6 Å². The van der Waals surface area contributed by atoms with Gasteiger partial charge in [0.25, 0.3) is 0 Å². The Bertz CT molecular complexity index is 524. The molecule has 0 amide bonds. The lowest BCUT2D eigenvalue weighted by atomic mass is 10.2. The van der Waals surface area contributed by atoms with E-state index in [9.17, 15) is 5.11 Å². The average molecular weight is 276 g/mol. The van der Waals surface area contributed by atoms with Crippen LogP contribution in [-0.2, 0) is 13.5 Å². The minimum Gasteiger partial charge on any atom is -0.392 e. The topological polar surface area (TPSA) is 38.1 Å². The third kappa shape index (κ3) is 4.11. The lowest BCUT2D eigenvalue weighted by Gasteiger charge is -2.11. The molecule has 0 spiro atoms. The molecular formula is C15H20N2OS. The van der Waals surface area contributed by atoms with Gasteiger partial charge in [-0.2, -0.15) is 5.10 Å². The maximum atomic E-state index is 10.0. The van der Waals surface area contributed by atoms with Gasteiger partial charge in [-0.25, -0.2) is 0 Å². The van der Waals surface area contributed by atoms with Gasteiger partial charge >= 0.3 is 0 Å². The van der Waals surface area contributed by atoms with Crippen molar-refractivity contribution in [3.63, 3.8) is 0 Å². The number of hydrogen-bond donors (Lipinski definition) is 1. The zero-order chi connectivity index (χ0) is 13.7. The van der Waals surface area contributed by atoms with Crippen LogP contribution in [0.5, 0.6) is 0 Å². The number of benzene rings is 1. The predicted molar refractivity (Wildman–Crippen MR) is 79.4 cm³/mol. The van der Waals surface area contributed by atoms with Gasteiger partial charge in [0.2, 0.25) is 0 Å². The van der Waals surface area contributed by atoms with Crippen molar-refractivity contribution < 1.29 is 5.11 Å². The number of aliphatic hydroxyl groups excluding tert-OH is 1. The van der Waals surface area contributed by atoms with E-state index in [4.69, 9.17) is 0 Å². The molecule has 4 heteroatoms. The molecule has 0 saturated carbocycles. The Balaban J connectivity index is 1.77. The van der Waals surface area contributed by atoms with Crippen LogP contribution in [0.3, 0.4) is 0 Å². The van der Waals surface area contributed by atoms with Gasteiger partial charge < -0.3 is 5.11 Å². The van der Waals surface area contributed by atoms with E-state index in [0.717, 1.165) is 18.6 Å². The largest absolute Gasteiger partial charge is 0.392 e. The molecule has 2 aromatic rings. The molecular weight excluding hydrogens is 256 g/mol. The summed E-state index contributed by atoms with van der Waals surface area (Å²) in [6.45, 7) is 2.10. The van der Waals surface area contributed by atoms with Crippen LogP contribution < -0.4 is 0 Å². The van der Waals surface area contributed by atoms with Crippen molar-refractivity contribution in [3.8, 4) is 0 Å². The van der Waals surface area contributed by atoms with Gasteiger partial charge in [-0.3, -0.25) is 4.68 Å². The fraction of sp³-hybridized carbons (Fsp3) is 0.400. The molecule has 0 aliphatic heterocycles. The normalized spacial score (nSPS) is 12.6. The number of aromatic nitrogens is 2. The molecule has 0 fully saturated rings. The van der Waals surface area contributed by atoms with E-state index in [0.29, 0.717) is 0 Å². The van der Waals surface area contributed by atoms with E-state index in [1.165, 1.54) is 16.2 Å². The predicted octanol–water partition coefficient (Wildman–Crippen LogP) is 2.81. The number of nitrogens with zero attached hydrogens (tertiary/aromatic N) is 2. The monoisotopic (exact) mass is 276 g/mol. The number of aliphatic hydroxyl groups is 1. The second-order valence-corrected chi connectivity index (χ2v) is 5.78. The first-order chi connectivity index (χ1) is 9.16. The lowest BCUT2D eigenvalue weighted by Crippen LogP contribution is -2.12. The van der Waals surface area contributed by atoms with Crippen molar-refractivity contribution in [3.05, 3.63) is 47.8 Å². The van der Waals surface area contributed by atoms with Gasteiger partial charge in [0.1, 0.15) is 0 Å². The summed E-state index contributed by atoms with van der Waals surface area (Å²) in [5.41, 5.74) is 2.44. The summed E-state index contributed by atoms with van der Waals surface area (Å²) in [7, 11) is 1.93. The summed E-state index contributed by atoms with van der Waals surface area (Å²) >= 11 is 1.72. The van der Waals surface area contributed by atoms with Gasteiger partial charge in [0.15, 0.2) is 0 Å². The quantitative estimate of drug-likeness (QED) is 0.825. The minimum atomic E-state index is -0.278. The van der Waals surface area contributed by atoms with Gasteiger partial charge in [-0.15, -0.1) is 11.8 Å². The Labute approximate surface area is 118 Å². The highest BCUT2D eigenvalue weighted by Crippen LogP contribution is 2.23. The van der Waals surface area contributed by atoms with E-state index in [-0.39, 0.29) is 6.10 Å². The summed E-state index contributed by atoms with van der Waals surface area (Å²) in [5, 5.41) is 14.2. The highest BCUT2D eigenvalue weighted by molar-refractivity contribution is 7.99. The molecule has 1 N–H and O–H groups in total. The third-order valence-corrected chi connectivity index (χ3v) is 4.50. The van der Waals surface area contributed by atoms with Crippen molar-refractivity contribution in [1.29, 1.82) is 0 Å². The van der Waals surface area contributed by atoms with Crippen LogP contribution in [0.4, 0.5) is 0 Å². The van der Waals surface area contributed by atoms with E-state index in [1.54, 1.807) is 18.0 Å². The summed E-state index contributed by atoms with van der Waals surface area (Å²) in [6.07, 6.45) is 3.16. The van der Waals surface area contributed by atoms with Crippen LogP contribution in [0.2, 0.25) is 0 Å². The average Bonchev–Trinajstić information content (AvgIpc) is 2.81. The SMILES string of the molecule is Cc1ccccc1SCC(O)CCc1ccnn1C. The second kappa shape index (κ2) is 6.78. The molecule has 0 bridgehead atoms. The molecule has 0 radical (unpaired) electrons. The molecule has 1 heterocycles. The number of rotatable bonds is 6. The van der Waals surface area contributed by atoms with Crippen LogP contribution in [-0.4, -0.2) is 26.7 Å². The Kier molecular flexibility index (Phi) is 5.05. The van der Waals surface area contributed by atoms with Crippen molar-refractivity contribution in [2.45, 2.75) is 30.8 Å². The molecule has 102 valence electrons. The van der Waals surface area contributed by atoms with Crippen LogP contribution >= 0.6 is 11.8 Å². The Morgan fingerprint density at radius 2 is 2.11 bits per heavy atom. The Morgan fingerprint density at radius 1 is 1.32 bits per heavy atom. The zero-order valence-corrected chi connectivity index (χ0v) is 12.2. The molecule has 1 aromatic carbocycles. The minimum absolute atomic E-state index is 0.278. The highest BCUT2D eigenvalue weighted by atomic mass is 32.2. The number of aryl methyl sites for hydroxylation is 3. The Hall–Kier alpha value is -1.26. The van der Waals surface area contributed by atoms with Gasteiger partial charge in [-0.05, 0) is 37.5 Å². The summed E-state index contributed by atoms with van der Waals surface area (Å²) in [6, 6.07) is 10.3. The first kappa shape index (κ1) is 14.2. The fourth-order valence-corrected chi connectivity index (χ4v) is 2.96. The number of hydrogen-bond acceptors (Lipinski definition) is 3.